The van der Waals surface area contributed by atoms with E-state index in [2.05, 4.69) is 15.1 Å². The van der Waals surface area contributed by atoms with Crippen molar-refractivity contribution in [3.8, 4) is 0 Å². The van der Waals surface area contributed by atoms with E-state index in [1.807, 2.05) is 35.4 Å². The lowest BCUT2D eigenvalue weighted by atomic mass is 9.78. The maximum atomic E-state index is 13.1. The van der Waals surface area contributed by atoms with Crippen molar-refractivity contribution in [2.75, 3.05) is 19.7 Å². The van der Waals surface area contributed by atoms with Gasteiger partial charge in [-0.25, -0.2) is 0 Å². The second-order valence-corrected chi connectivity index (χ2v) is 9.49. The predicted molar refractivity (Wildman–Crippen MR) is 115 cm³/mol. The van der Waals surface area contributed by atoms with E-state index >= 15 is 0 Å². The standard InChI is InChI=1S/C24H28N4O3/c29-23(19-3-4-20-18(14-19)5-9-25-20)28-10-7-24(8-11-28)15-16(6-12-30-24)13-21-26-22(27-31-21)17-1-2-17/h3-5,9,14,16-17,25H,1-2,6-8,10-13,15H2. The molecule has 7 nitrogen and oxygen atoms in total. The summed E-state index contributed by atoms with van der Waals surface area (Å²) < 4.78 is 11.8. The number of fused-ring (bicyclic) bond motifs is 1. The number of ether oxygens (including phenoxy) is 1. The summed E-state index contributed by atoms with van der Waals surface area (Å²) in [5.41, 5.74) is 1.69. The number of hydrogen-bond acceptors (Lipinski definition) is 5. The maximum Gasteiger partial charge on any atom is 0.253 e. The lowest BCUT2D eigenvalue weighted by Crippen LogP contribution is -2.51. The normalized spacial score (nSPS) is 23.5. The Labute approximate surface area is 181 Å². The molecule has 0 bridgehead atoms. The summed E-state index contributed by atoms with van der Waals surface area (Å²) >= 11 is 0. The number of rotatable bonds is 4. The number of benzene rings is 1. The first-order valence-electron chi connectivity index (χ1n) is 11.5. The van der Waals surface area contributed by atoms with Gasteiger partial charge in [0.25, 0.3) is 5.91 Å². The molecule has 1 unspecified atom stereocenters. The molecule has 3 fully saturated rings. The topological polar surface area (TPSA) is 84.3 Å². The highest BCUT2D eigenvalue weighted by atomic mass is 16.5. The number of aromatic nitrogens is 3. The summed E-state index contributed by atoms with van der Waals surface area (Å²) in [5.74, 6) is 2.81. The summed E-state index contributed by atoms with van der Waals surface area (Å²) in [6.45, 7) is 2.25. The second-order valence-electron chi connectivity index (χ2n) is 9.49. The van der Waals surface area contributed by atoms with Crippen LogP contribution in [0.2, 0.25) is 0 Å². The number of aromatic amines is 1. The summed E-state index contributed by atoms with van der Waals surface area (Å²) in [7, 11) is 0. The molecular weight excluding hydrogens is 392 g/mol. The monoisotopic (exact) mass is 420 g/mol. The summed E-state index contributed by atoms with van der Waals surface area (Å²) in [5, 5.41) is 5.23. The van der Waals surface area contributed by atoms with Gasteiger partial charge < -0.3 is 19.1 Å². The van der Waals surface area contributed by atoms with E-state index in [4.69, 9.17) is 9.26 Å². The highest BCUT2D eigenvalue weighted by Crippen LogP contribution is 2.40. The van der Waals surface area contributed by atoms with Crippen molar-refractivity contribution in [1.82, 2.24) is 20.0 Å². The maximum absolute atomic E-state index is 13.1. The van der Waals surface area contributed by atoms with E-state index in [0.717, 1.165) is 80.0 Å². The molecule has 1 saturated carbocycles. The number of likely N-dealkylation sites (tertiary alicyclic amines) is 1. The molecule has 162 valence electrons. The average molecular weight is 421 g/mol. The van der Waals surface area contributed by atoms with Gasteiger partial charge in [-0.05, 0) is 68.7 Å². The van der Waals surface area contributed by atoms with Gasteiger partial charge >= 0.3 is 0 Å². The number of nitrogens with one attached hydrogen (secondary N) is 1. The van der Waals surface area contributed by atoms with Crippen LogP contribution >= 0.6 is 0 Å². The van der Waals surface area contributed by atoms with Crippen molar-refractivity contribution in [2.45, 2.75) is 56.5 Å². The third-order valence-electron chi connectivity index (χ3n) is 7.25. The molecule has 2 aliphatic heterocycles. The number of nitrogens with zero attached hydrogens (tertiary/aromatic N) is 3. The van der Waals surface area contributed by atoms with Crippen LogP contribution in [-0.4, -0.2) is 51.2 Å². The Morgan fingerprint density at radius 3 is 2.90 bits per heavy atom. The summed E-state index contributed by atoms with van der Waals surface area (Å²) in [6.07, 6.45) is 8.93. The Morgan fingerprint density at radius 2 is 2.06 bits per heavy atom. The first kappa shape index (κ1) is 19.0. The Morgan fingerprint density at radius 1 is 1.19 bits per heavy atom. The first-order valence-corrected chi connectivity index (χ1v) is 11.5. The van der Waals surface area contributed by atoms with Crippen molar-refractivity contribution in [2.24, 2.45) is 5.92 Å². The Kier molecular flexibility index (Phi) is 4.60. The van der Waals surface area contributed by atoms with Crippen LogP contribution in [0, 0.1) is 5.92 Å². The minimum atomic E-state index is -0.121. The molecule has 1 aliphatic carbocycles. The number of amides is 1. The molecular formula is C24H28N4O3. The minimum absolute atomic E-state index is 0.115. The SMILES string of the molecule is O=C(c1ccc2[nH]ccc2c1)N1CCC2(CC1)CC(Cc1nc(C3CC3)no1)CCO2. The molecule has 4 heterocycles. The van der Waals surface area contributed by atoms with Crippen molar-refractivity contribution < 1.29 is 14.1 Å². The first-order chi connectivity index (χ1) is 15.2. The molecule has 7 heteroatoms. The lowest BCUT2D eigenvalue weighted by Gasteiger charge is -2.46. The van der Waals surface area contributed by atoms with Crippen LogP contribution in [0.15, 0.2) is 35.0 Å². The highest BCUT2D eigenvalue weighted by Gasteiger charge is 2.41. The summed E-state index contributed by atoms with van der Waals surface area (Å²) in [4.78, 5) is 22.8. The van der Waals surface area contributed by atoms with Crippen LogP contribution in [0.25, 0.3) is 10.9 Å². The smallest absolute Gasteiger partial charge is 0.253 e. The van der Waals surface area contributed by atoms with Crippen LogP contribution in [0.5, 0.6) is 0 Å². The van der Waals surface area contributed by atoms with Crippen molar-refractivity contribution in [3.05, 3.63) is 47.7 Å². The minimum Gasteiger partial charge on any atom is -0.375 e. The fourth-order valence-electron chi connectivity index (χ4n) is 5.24. The molecule has 3 aromatic rings. The van der Waals surface area contributed by atoms with Crippen LogP contribution in [-0.2, 0) is 11.2 Å². The Bertz CT molecular complexity index is 1090. The van der Waals surface area contributed by atoms with Gasteiger partial charge in [0.15, 0.2) is 5.82 Å². The molecule has 1 aromatic carbocycles. The number of carbonyl (C=O) groups is 1. The zero-order chi connectivity index (χ0) is 20.8. The molecule has 1 amide bonds. The van der Waals surface area contributed by atoms with Gasteiger partial charge in [0.2, 0.25) is 5.89 Å². The third kappa shape index (κ3) is 3.76. The van der Waals surface area contributed by atoms with Gasteiger partial charge in [0.1, 0.15) is 0 Å². The molecule has 0 radical (unpaired) electrons. The zero-order valence-electron chi connectivity index (χ0n) is 17.7. The van der Waals surface area contributed by atoms with Crippen LogP contribution in [0.4, 0.5) is 0 Å². The van der Waals surface area contributed by atoms with Gasteiger partial charge in [0, 0.05) is 54.7 Å². The van der Waals surface area contributed by atoms with E-state index in [9.17, 15) is 4.79 Å². The lowest BCUT2D eigenvalue weighted by molar-refractivity contribution is -0.124. The second kappa shape index (κ2) is 7.48. The zero-order valence-corrected chi connectivity index (χ0v) is 17.7. The molecule has 6 rings (SSSR count). The van der Waals surface area contributed by atoms with Gasteiger partial charge in [-0.1, -0.05) is 5.16 Å². The van der Waals surface area contributed by atoms with Crippen LogP contribution < -0.4 is 0 Å². The van der Waals surface area contributed by atoms with Crippen LogP contribution in [0.1, 0.15) is 66.5 Å². The van der Waals surface area contributed by atoms with E-state index in [0.29, 0.717) is 11.8 Å². The number of H-pyrrole nitrogens is 1. The van der Waals surface area contributed by atoms with E-state index in [-0.39, 0.29) is 11.5 Å². The number of carbonyl (C=O) groups excluding carboxylic acids is 1. The van der Waals surface area contributed by atoms with Crippen molar-refractivity contribution in [3.63, 3.8) is 0 Å². The van der Waals surface area contributed by atoms with Gasteiger partial charge in [-0.3, -0.25) is 4.79 Å². The number of hydrogen-bond donors (Lipinski definition) is 1. The molecule has 1 spiro atoms. The summed E-state index contributed by atoms with van der Waals surface area (Å²) in [6, 6.07) is 7.88. The quantitative estimate of drug-likeness (QED) is 0.688. The Balaban J connectivity index is 1.08. The van der Waals surface area contributed by atoms with Crippen LogP contribution in [0.3, 0.4) is 0 Å². The third-order valence-corrected chi connectivity index (χ3v) is 7.25. The largest absolute Gasteiger partial charge is 0.375 e. The van der Waals surface area contributed by atoms with E-state index in [1.165, 1.54) is 12.8 Å². The molecule has 31 heavy (non-hydrogen) atoms. The fourth-order valence-corrected chi connectivity index (χ4v) is 5.24. The van der Waals surface area contributed by atoms with E-state index in [1.54, 1.807) is 0 Å². The van der Waals surface area contributed by atoms with Crippen molar-refractivity contribution >= 4 is 16.8 Å². The van der Waals surface area contributed by atoms with Gasteiger partial charge in [-0.2, -0.15) is 4.98 Å². The highest BCUT2D eigenvalue weighted by molar-refractivity contribution is 5.98. The Hall–Kier alpha value is -2.67. The van der Waals surface area contributed by atoms with E-state index < -0.39 is 0 Å². The molecule has 2 saturated heterocycles. The van der Waals surface area contributed by atoms with Gasteiger partial charge in [-0.15, -0.1) is 0 Å². The predicted octanol–water partition coefficient (Wildman–Crippen LogP) is 4.07. The molecule has 3 aliphatic rings. The number of piperidine rings is 1. The van der Waals surface area contributed by atoms with Gasteiger partial charge in [0.05, 0.1) is 5.60 Å². The average Bonchev–Trinajstić information content (AvgIpc) is 3.35. The molecule has 2 aromatic heterocycles. The van der Waals surface area contributed by atoms with Crippen molar-refractivity contribution in [1.29, 1.82) is 0 Å². The molecule has 1 N–H and O–H groups in total. The fraction of sp³-hybridized carbons (Fsp3) is 0.542. The molecule has 1 atom stereocenters.